The van der Waals surface area contributed by atoms with E-state index in [-0.39, 0.29) is 6.10 Å². The lowest BCUT2D eigenvalue weighted by Gasteiger charge is -2.24. The van der Waals surface area contributed by atoms with Gasteiger partial charge in [0.25, 0.3) is 0 Å². The van der Waals surface area contributed by atoms with Crippen LogP contribution in [0.4, 0.5) is 0 Å². The zero-order valence-corrected chi connectivity index (χ0v) is 9.02. The zero-order valence-electron chi connectivity index (χ0n) is 9.02. The van der Waals surface area contributed by atoms with Crippen molar-refractivity contribution in [2.45, 2.75) is 25.5 Å². The van der Waals surface area contributed by atoms with Gasteiger partial charge in [-0.25, -0.2) is 4.98 Å². The predicted octanol–water partition coefficient (Wildman–Crippen LogP) is 1.12. The fourth-order valence-corrected chi connectivity index (χ4v) is 2.29. The smallest absolute Gasteiger partial charge is 0.111 e. The maximum atomic E-state index is 5.75. The summed E-state index contributed by atoms with van der Waals surface area (Å²) in [7, 11) is 0. The summed E-state index contributed by atoms with van der Waals surface area (Å²) in [6.07, 6.45) is 5.36. The molecule has 15 heavy (non-hydrogen) atoms. The molecule has 1 N–H and O–H groups in total. The third-order valence-electron chi connectivity index (χ3n) is 3.38. The van der Waals surface area contributed by atoms with Crippen molar-refractivity contribution in [1.82, 2.24) is 14.9 Å². The zero-order chi connectivity index (χ0) is 10.3. The van der Waals surface area contributed by atoms with E-state index in [2.05, 4.69) is 21.8 Å². The Kier molecular flexibility index (Phi) is 2.25. The number of imidazole rings is 1. The fourth-order valence-electron chi connectivity index (χ4n) is 2.29. The van der Waals surface area contributed by atoms with Gasteiger partial charge < -0.3 is 14.6 Å². The van der Waals surface area contributed by atoms with Crippen molar-refractivity contribution in [3.8, 4) is 0 Å². The lowest BCUT2D eigenvalue weighted by atomic mass is 10.2. The van der Waals surface area contributed by atoms with Crippen LogP contribution in [0.1, 0.15) is 31.2 Å². The number of aromatic nitrogens is 2. The van der Waals surface area contributed by atoms with Gasteiger partial charge in [0, 0.05) is 19.1 Å². The fraction of sp³-hybridized carbons (Fsp3) is 0.727. The van der Waals surface area contributed by atoms with Crippen LogP contribution in [0.5, 0.6) is 0 Å². The summed E-state index contributed by atoms with van der Waals surface area (Å²) in [6, 6.07) is 0.660. The van der Waals surface area contributed by atoms with Crippen molar-refractivity contribution in [3.63, 3.8) is 0 Å². The van der Waals surface area contributed by atoms with Crippen molar-refractivity contribution in [1.29, 1.82) is 0 Å². The standard InChI is InChI=1S/C11H17N3O/c1-8-4-9(8)14-7-13-5-10(14)11-6-12-2-3-15-11/h5,7-9,11-12H,2-4,6H2,1H3. The second kappa shape index (κ2) is 3.61. The molecule has 1 aliphatic heterocycles. The summed E-state index contributed by atoms with van der Waals surface area (Å²) in [5, 5.41) is 3.35. The SMILES string of the molecule is CC1CC1n1cncc1C1CNCCO1. The maximum absolute atomic E-state index is 5.75. The van der Waals surface area contributed by atoms with Crippen LogP contribution >= 0.6 is 0 Å². The first kappa shape index (κ1) is 9.36. The molecule has 0 spiro atoms. The first-order valence-corrected chi connectivity index (χ1v) is 5.70. The van der Waals surface area contributed by atoms with Gasteiger partial charge in [-0.05, 0) is 12.3 Å². The number of nitrogens with one attached hydrogen (secondary N) is 1. The minimum absolute atomic E-state index is 0.189. The van der Waals surface area contributed by atoms with E-state index in [1.54, 1.807) is 0 Å². The molecule has 0 aromatic carbocycles. The topological polar surface area (TPSA) is 39.1 Å². The van der Waals surface area contributed by atoms with E-state index in [0.29, 0.717) is 6.04 Å². The van der Waals surface area contributed by atoms with Gasteiger partial charge in [-0.15, -0.1) is 0 Å². The minimum atomic E-state index is 0.189. The molecule has 2 fully saturated rings. The lowest BCUT2D eigenvalue weighted by Crippen LogP contribution is -2.34. The summed E-state index contributed by atoms with van der Waals surface area (Å²) in [5.74, 6) is 0.800. The molecule has 0 amide bonds. The molecule has 2 aliphatic rings. The molecule has 3 rings (SSSR count). The Hall–Kier alpha value is -0.870. The Morgan fingerprint density at radius 2 is 2.47 bits per heavy atom. The van der Waals surface area contributed by atoms with Crippen LogP contribution in [0, 0.1) is 5.92 Å². The highest BCUT2D eigenvalue weighted by Gasteiger charge is 2.36. The van der Waals surface area contributed by atoms with Crippen molar-refractivity contribution in [2.24, 2.45) is 5.92 Å². The minimum Gasteiger partial charge on any atom is -0.369 e. The van der Waals surface area contributed by atoms with Crippen LogP contribution in [0.15, 0.2) is 12.5 Å². The van der Waals surface area contributed by atoms with Gasteiger partial charge in [0.15, 0.2) is 0 Å². The molecule has 82 valence electrons. The summed E-state index contributed by atoms with van der Waals surface area (Å²) < 4.78 is 8.05. The quantitative estimate of drug-likeness (QED) is 0.790. The second-order valence-electron chi connectivity index (χ2n) is 4.57. The third-order valence-corrected chi connectivity index (χ3v) is 3.38. The van der Waals surface area contributed by atoms with Gasteiger partial charge in [-0.3, -0.25) is 0 Å². The Balaban J connectivity index is 1.81. The largest absolute Gasteiger partial charge is 0.369 e. The average molecular weight is 207 g/mol. The molecule has 0 radical (unpaired) electrons. The molecular weight excluding hydrogens is 190 g/mol. The van der Waals surface area contributed by atoms with E-state index < -0.39 is 0 Å². The number of rotatable bonds is 2. The van der Waals surface area contributed by atoms with E-state index in [0.717, 1.165) is 25.6 Å². The highest BCUT2D eigenvalue weighted by molar-refractivity contribution is 5.09. The summed E-state index contributed by atoms with van der Waals surface area (Å²) in [6.45, 7) is 4.96. The van der Waals surface area contributed by atoms with Crippen molar-refractivity contribution < 1.29 is 4.74 Å². The number of morpholine rings is 1. The Morgan fingerprint density at radius 3 is 3.13 bits per heavy atom. The number of hydrogen-bond acceptors (Lipinski definition) is 3. The van der Waals surface area contributed by atoms with E-state index in [4.69, 9.17) is 4.74 Å². The number of hydrogen-bond donors (Lipinski definition) is 1. The van der Waals surface area contributed by atoms with E-state index in [1.165, 1.54) is 12.1 Å². The van der Waals surface area contributed by atoms with Gasteiger partial charge in [0.05, 0.1) is 24.8 Å². The van der Waals surface area contributed by atoms with Gasteiger partial charge in [0.1, 0.15) is 6.10 Å². The molecule has 1 saturated carbocycles. The molecule has 4 heteroatoms. The van der Waals surface area contributed by atoms with Crippen molar-refractivity contribution >= 4 is 0 Å². The monoisotopic (exact) mass is 207 g/mol. The summed E-state index contributed by atoms with van der Waals surface area (Å²) in [4.78, 5) is 4.25. The first-order valence-electron chi connectivity index (χ1n) is 5.70. The first-order chi connectivity index (χ1) is 7.36. The number of nitrogens with zero attached hydrogens (tertiary/aromatic N) is 2. The lowest BCUT2D eigenvalue weighted by molar-refractivity contribution is 0.0226. The molecular formula is C11H17N3O. The van der Waals surface area contributed by atoms with E-state index in [1.807, 2.05) is 12.5 Å². The molecule has 3 unspecified atom stereocenters. The third kappa shape index (κ3) is 1.68. The molecule has 1 aromatic rings. The Bertz CT molecular complexity index is 343. The van der Waals surface area contributed by atoms with E-state index in [9.17, 15) is 0 Å². The van der Waals surface area contributed by atoms with Crippen LogP contribution < -0.4 is 5.32 Å². The second-order valence-corrected chi connectivity index (χ2v) is 4.57. The maximum Gasteiger partial charge on any atom is 0.111 e. The number of ether oxygens (including phenoxy) is 1. The molecule has 0 bridgehead atoms. The van der Waals surface area contributed by atoms with Gasteiger partial charge in [-0.2, -0.15) is 0 Å². The van der Waals surface area contributed by atoms with Crippen LogP contribution in [0.3, 0.4) is 0 Å². The van der Waals surface area contributed by atoms with Crippen LogP contribution in [-0.2, 0) is 4.74 Å². The Labute approximate surface area is 89.6 Å². The molecule has 1 aromatic heterocycles. The highest BCUT2D eigenvalue weighted by Crippen LogP contribution is 2.44. The van der Waals surface area contributed by atoms with Gasteiger partial charge in [-0.1, -0.05) is 6.92 Å². The van der Waals surface area contributed by atoms with Crippen LogP contribution in [0.25, 0.3) is 0 Å². The molecule has 2 heterocycles. The highest BCUT2D eigenvalue weighted by atomic mass is 16.5. The van der Waals surface area contributed by atoms with Crippen molar-refractivity contribution in [2.75, 3.05) is 19.7 Å². The Morgan fingerprint density at radius 1 is 1.60 bits per heavy atom. The normalized spacial score (nSPS) is 35.4. The van der Waals surface area contributed by atoms with Crippen molar-refractivity contribution in [3.05, 3.63) is 18.2 Å². The molecule has 4 nitrogen and oxygen atoms in total. The molecule has 3 atom stereocenters. The average Bonchev–Trinajstić information content (AvgIpc) is 2.82. The van der Waals surface area contributed by atoms with Gasteiger partial charge in [0.2, 0.25) is 0 Å². The van der Waals surface area contributed by atoms with Crippen LogP contribution in [-0.4, -0.2) is 29.2 Å². The van der Waals surface area contributed by atoms with Crippen LogP contribution in [0.2, 0.25) is 0 Å². The summed E-state index contributed by atoms with van der Waals surface area (Å²) in [5.41, 5.74) is 1.23. The summed E-state index contributed by atoms with van der Waals surface area (Å²) >= 11 is 0. The van der Waals surface area contributed by atoms with E-state index >= 15 is 0 Å². The molecule has 1 saturated heterocycles. The van der Waals surface area contributed by atoms with Gasteiger partial charge >= 0.3 is 0 Å². The molecule has 1 aliphatic carbocycles. The predicted molar refractivity (Wildman–Crippen MR) is 56.6 cm³/mol.